The van der Waals surface area contributed by atoms with Gasteiger partial charge in [0.25, 0.3) is 5.91 Å². The summed E-state index contributed by atoms with van der Waals surface area (Å²) in [6, 6.07) is 0.828. The molecule has 2 aromatic heterocycles. The molecule has 2 aromatic rings. The van der Waals surface area contributed by atoms with Crippen molar-refractivity contribution in [2.24, 2.45) is 5.92 Å². The molecule has 3 fully saturated rings. The monoisotopic (exact) mass is 798 g/mol. The first kappa shape index (κ1) is 39.7. The SMILES string of the molecule is COc1ccc2nc(C)c3c(c2n1)[C@H](F)C[C@]1(C[C@H]2C(=O)NC4(C(=O)N4S(=O)(=O)C4(C)CC4)[C@@H](C)/C=C\CCCCC[C@H](NC(=O)OC(C)(C)C)C(=O)N2C1)O3. The highest BCUT2D eigenvalue weighted by atomic mass is 32.2. The van der Waals surface area contributed by atoms with Crippen LogP contribution in [0.5, 0.6) is 11.6 Å². The van der Waals surface area contributed by atoms with E-state index in [9.17, 15) is 27.6 Å². The number of alkyl halides is 1. The Bertz CT molecular complexity index is 2120. The van der Waals surface area contributed by atoms with E-state index in [0.29, 0.717) is 49.7 Å². The molecule has 2 spiro atoms. The molecule has 4 aliphatic heterocycles. The summed E-state index contributed by atoms with van der Waals surface area (Å²) in [7, 11) is -2.71. The number of ether oxygens (including phenoxy) is 3. The average molecular weight is 799 g/mol. The summed E-state index contributed by atoms with van der Waals surface area (Å²) in [5.74, 6) is -2.56. The fourth-order valence-electron chi connectivity index (χ4n) is 8.29. The Morgan fingerprint density at radius 3 is 2.52 bits per heavy atom. The third kappa shape index (κ3) is 6.82. The summed E-state index contributed by atoms with van der Waals surface area (Å²) in [6.07, 6.45) is 4.20. The van der Waals surface area contributed by atoms with Crippen LogP contribution in [0.25, 0.3) is 11.0 Å². The van der Waals surface area contributed by atoms with E-state index in [4.69, 9.17) is 14.2 Å². The molecule has 0 bridgehead atoms. The quantitative estimate of drug-likeness (QED) is 0.324. The number of alkyl carbamates (subject to hydrolysis) is 1. The van der Waals surface area contributed by atoms with E-state index >= 15 is 4.39 Å². The number of allylic oxidation sites excluding steroid dienone is 1. The Balaban J connectivity index is 1.29. The lowest BCUT2D eigenvalue weighted by molar-refractivity contribution is -0.141. The van der Waals surface area contributed by atoms with Crippen molar-refractivity contribution in [3.63, 3.8) is 0 Å². The number of amides is 4. The summed E-state index contributed by atoms with van der Waals surface area (Å²) >= 11 is 0. The topological polar surface area (TPSA) is 186 Å². The second-order valence-corrected chi connectivity index (χ2v) is 19.4. The van der Waals surface area contributed by atoms with E-state index in [-0.39, 0.29) is 48.5 Å². The molecule has 1 aliphatic carbocycles. The summed E-state index contributed by atoms with van der Waals surface area (Å²) in [6.45, 7) is 9.77. The maximum atomic E-state index is 16.8. The number of sulfonamides is 1. The number of methoxy groups -OCH3 is 1. The van der Waals surface area contributed by atoms with Gasteiger partial charge in [0.05, 0.1) is 35.2 Å². The van der Waals surface area contributed by atoms with Gasteiger partial charge in [-0.15, -0.1) is 0 Å². The minimum atomic E-state index is -4.16. The second-order valence-electron chi connectivity index (χ2n) is 17.1. The van der Waals surface area contributed by atoms with Gasteiger partial charge in [0, 0.05) is 24.8 Å². The fourth-order valence-corrected chi connectivity index (χ4v) is 10.3. The van der Waals surface area contributed by atoms with E-state index in [1.807, 2.05) is 6.08 Å². The molecular formula is C39H51FN6O9S. The Morgan fingerprint density at radius 1 is 1.11 bits per heavy atom. The Hall–Kier alpha value is -4.54. The normalized spacial score (nSPS) is 31.1. The van der Waals surface area contributed by atoms with Gasteiger partial charge in [0.1, 0.15) is 40.7 Å². The molecule has 2 N–H and O–H groups in total. The third-order valence-corrected chi connectivity index (χ3v) is 14.3. The summed E-state index contributed by atoms with van der Waals surface area (Å²) in [4.78, 5) is 66.8. The number of carbonyl (C=O) groups is 4. The van der Waals surface area contributed by atoms with Crippen LogP contribution in [0.2, 0.25) is 0 Å². The smallest absolute Gasteiger partial charge is 0.408 e. The predicted molar refractivity (Wildman–Crippen MR) is 202 cm³/mol. The molecule has 7 rings (SSSR count). The first-order valence-electron chi connectivity index (χ1n) is 19.3. The van der Waals surface area contributed by atoms with Crippen LogP contribution in [0.15, 0.2) is 24.3 Å². The summed E-state index contributed by atoms with van der Waals surface area (Å²) in [5, 5.41) is 5.50. The van der Waals surface area contributed by atoms with Crippen molar-refractivity contribution in [2.45, 2.75) is 139 Å². The molecule has 304 valence electrons. The average Bonchev–Trinajstić information content (AvgIpc) is 3.97. The minimum Gasteiger partial charge on any atom is -0.483 e. The number of carbonyl (C=O) groups excluding carboxylic acids is 4. The Labute approximate surface area is 326 Å². The number of nitrogens with one attached hydrogen (secondary N) is 2. The lowest BCUT2D eigenvalue weighted by Crippen LogP contribution is -2.57. The van der Waals surface area contributed by atoms with Crippen molar-refractivity contribution < 1.29 is 46.2 Å². The highest BCUT2D eigenvalue weighted by Crippen LogP contribution is 2.54. The highest BCUT2D eigenvalue weighted by Gasteiger charge is 2.76. The van der Waals surface area contributed by atoms with Gasteiger partial charge in [-0.2, -0.15) is 0 Å². The van der Waals surface area contributed by atoms with Crippen molar-refractivity contribution in [3.05, 3.63) is 35.5 Å². The molecule has 1 saturated carbocycles. The number of hydrogen-bond acceptors (Lipinski definition) is 11. The van der Waals surface area contributed by atoms with Gasteiger partial charge in [0.15, 0.2) is 0 Å². The van der Waals surface area contributed by atoms with E-state index in [1.54, 1.807) is 59.8 Å². The van der Waals surface area contributed by atoms with Crippen molar-refractivity contribution >= 4 is 44.9 Å². The summed E-state index contributed by atoms with van der Waals surface area (Å²) < 4.78 is 61.6. The molecule has 56 heavy (non-hydrogen) atoms. The number of halogens is 1. The van der Waals surface area contributed by atoms with Crippen molar-refractivity contribution in [1.29, 1.82) is 0 Å². The van der Waals surface area contributed by atoms with Crippen LogP contribution in [0.4, 0.5) is 9.18 Å². The first-order chi connectivity index (χ1) is 26.3. The van der Waals surface area contributed by atoms with Crippen LogP contribution in [0, 0.1) is 12.8 Å². The fraction of sp³-hybridized carbons (Fsp3) is 0.641. The van der Waals surface area contributed by atoms with Crippen LogP contribution < -0.4 is 20.1 Å². The zero-order valence-electron chi connectivity index (χ0n) is 32.9. The third-order valence-electron chi connectivity index (χ3n) is 11.7. The largest absolute Gasteiger partial charge is 0.483 e. The number of nitrogens with zero attached hydrogens (tertiary/aromatic N) is 4. The number of pyridine rings is 2. The Kier molecular flexibility index (Phi) is 9.80. The summed E-state index contributed by atoms with van der Waals surface area (Å²) in [5.41, 5.74) is -2.98. The number of aromatic nitrogens is 2. The van der Waals surface area contributed by atoms with Gasteiger partial charge in [-0.05, 0) is 72.8 Å². The second kappa shape index (κ2) is 13.8. The standard InChI is InChI=1S/C39H51FN6O9S/c1-22-13-11-9-8-10-12-14-26(42-35(50)55-36(3,4)5)33(48)45-21-38(19-24(40)29-30-25(15-16-28(43-30)53-7)41-23(2)31(29)54-38)20-27(45)32(47)44-39(22)34(49)46(39)56(51,52)37(6)17-18-37/h11,13,15-16,22,24,26-27H,8-10,12,14,17-21H2,1-7H3,(H,42,50)(H,44,47)/b13-11-/t22-,24+,26-,27-,38+,39?,46?/m0/s1. The van der Waals surface area contributed by atoms with Crippen molar-refractivity contribution in [2.75, 3.05) is 13.7 Å². The van der Waals surface area contributed by atoms with Crippen LogP contribution >= 0.6 is 0 Å². The Morgan fingerprint density at radius 2 is 1.84 bits per heavy atom. The molecule has 5 aliphatic rings. The number of aryl methyl sites for hydroxylation is 1. The maximum absolute atomic E-state index is 16.8. The zero-order chi connectivity index (χ0) is 40.6. The van der Waals surface area contributed by atoms with E-state index in [2.05, 4.69) is 20.6 Å². The van der Waals surface area contributed by atoms with Gasteiger partial charge in [-0.25, -0.2) is 31.9 Å². The number of fused-ring (bicyclic) bond motifs is 4. The lowest BCUT2D eigenvalue weighted by atomic mass is 9.86. The van der Waals surface area contributed by atoms with Crippen LogP contribution in [0.3, 0.4) is 0 Å². The zero-order valence-corrected chi connectivity index (χ0v) is 33.8. The van der Waals surface area contributed by atoms with E-state index < -0.39 is 79.6 Å². The molecule has 15 nitrogen and oxygen atoms in total. The molecule has 0 aromatic carbocycles. The van der Waals surface area contributed by atoms with Crippen molar-refractivity contribution in [3.8, 4) is 11.6 Å². The first-order valence-corrected chi connectivity index (χ1v) is 20.8. The molecule has 0 radical (unpaired) electrons. The van der Waals surface area contributed by atoms with Gasteiger partial charge in [0.2, 0.25) is 33.4 Å². The van der Waals surface area contributed by atoms with Crippen molar-refractivity contribution in [1.82, 2.24) is 29.8 Å². The van der Waals surface area contributed by atoms with Gasteiger partial charge >= 0.3 is 6.09 Å². The molecule has 6 atom stereocenters. The molecule has 2 saturated heterocycles. The van der Waals surface area contributed by atoms with Gasteiger partial charge in [-0.1, -0.05) is 31.9 Å². The van der Waals surface area contributed by atoms with Crippen LogP contribution in [0.1, 0.15) is 110 Å². The molecular weight excluding hydrogens is 748 g/mol. The molecule has 17 heteroatoms. The van der Waals surface area contributed by atoms with Crippen LogP contribution in [-0.2, 0) is 29.1 Å². The van der Waals surface area contributed by atoms with Gasteiger partial charge in [-0.3, -0.25) is 14.4 Å². The van der Waals surface area contributed by atoms with E-state index in [1.165, 1.54) is 12.0 Å². The lowest BCUT2D eigenvalue weighted by Gasteiger charge is -2.38. The van der Waals surface area contributed by atoms with Crippen LogP contribution in [-0.4, -0.2) is 98.8 Å². The molecule has 6 heterocycles. The highest BCUT2D eigenvalue weighted by molar-refractivity contribution is 7.91. The van der Waals surface area contributed by atoms with Gasteiger partial charge < -0.3 is 29.7 Å². The predicted octanol–water partition coefficient (Wildman–Crippen LogP) is 4.67. The van der Waals surface area contributed by atoms with E-state index in [0.717, 1.165) is 4.31 Å². The molecule has 4 amide bonds. The molecule has 1 unspecified atom stereocenters. The number of hydrogen-bond donors (Lipinski definition) is 2. The maximum Gasteiger partial charge on any atom is 0.408 e. The minimum absolute atomic E-state index is 0.138. The number of rotatable bonds is 4.